The van der Waals surface area contributed by atoms with Crippen LogP contribution >= 0.6 is 0 Å². The smallest absolute Gasteiger partial charge is 0.325 e. The van der Waals surface area contributed by atoms with Crippen LogP contribution in [0.3, 0.4) is 0 Å². The Morgan fingerprint density at radius 3 is 2.76 bits per heavy atom. The van der Waals surface area contributed by atoms with Crippen molar-refractivity contribution in [2.45, 2.75) is 18.5 Å². The molecule has 170 valence electrons. The fourth-order valence-corrected chi connectivity index (χ4v) is 4.69. The van der Waals surface area contributed by atoms with Crippen molar-refractivity contribution >= 4 is 17.3 Å². The molecule has 3 N–H and O–H groups in total. The molecule has 2 bridgehead atoms. The number of nitrogens with one attached hydrogen (secondary N) is 2. The number of carbonyl (C=O) groups excluding carboxylic acids is 1. The number of pyridine rings is 1. The van der Waals surface area contributed by atoms with Gasteiger partial charge in [0, 0.05) is 42.0 Å². The first-order valence-corrected chi connectivity index (χ1v) is 10.6. The van der Waals surface area contributed by atoms with Gasteiger partial charge in [-0.25, -0.2) is 8.78 Å². The Morgan fingerprint density at radius 2 is 2.03 bits per heavy atom. The second-order valence-corrected chi connectivity index (χ2v) is 8.19. The van der Waals surface area contributed by atoms with Crippen molar-refractivity contribution in [1.82, 2.24) is 5.32 Å². The van der Waals surface area contributed by atoms with Crippen LogP contribution in [0.5, 0.6) is 5.75 Å². The number of hydrogen-bond donors (Lipinski definition) is 3. The summed E-state index contributed by atoms with van der Waals surface area (Å²) in [5.41, 5.74) is 0.943. The van der Waals surface area contributed by atoms with E-state index in [1.54, 1.807) is 12.1 Å². The van der Waals surface area contributed by atoms with E-state index in [1.165, 1.54) is 49.6 Å². The summed E-state index contributed by atoms with van der Waals surface area (Å²) in [6.07, 6.45) is 0.994. The fraction of sp³-hybridized carbons (Fsp3) is 0.250. The lowest BCUT2D eigenvalue weighted by molar-refractivity contribution is -0.897. The summed E-state index contributed by atoms with van der Waals surface area (Å²) in [6, 6.07) is 13.6. The third-order valence-electron chi connectivity index (χ3n) is 6.22. The number of fused-ring (bicyclic) bond motifs is 2. The van der Waals surface area contributed by atoms with Crippen LogP contribution in [0, 0.1) is 11.6 Å². The number of piperazine rings is 1. The van der Waals surface area contributed by atoms with Gasteiger partial charge in [0.1, 0.15) is 22.9 Å². The van der Waals surface area contributed by atoms with Gasteiger partial charge >= 0.3 is 11.6 Å². The molecule has 33 heavy (non-hydrogen) atoms. The van der Waals surface area contributed by atoms with Crippen molar-refractivity contribution in [1.29, 1.82) is 0 Å². The number of halogens is 2. The summed E-state index contributed by atoms with van der Waals surface area (Å²) in [7, 11) is 1.39. The summed E-state index contributed by atoms with van der Waals surface area (Å²) in [4.78, 5) is 15.3. The maximum atomic E-state index is 14.6. The summed E-state index contributed by atoms with van der Waals surface area (Å²) in [5.74, 6) is -1.55. The van der Waals surface area contributed by atoms with Crippen LogP contribution < -0.4 is 25.0 Å². The third kappa shape index (κ3) is 3.74. The highest BCUT2D eigenvalue weighted by molar-refractivity contribution is 6.04. The number of amides is 1. The molecule has 3 aromatic rings. The van der Waals surface area contributed by atoms with Crippen LogP contribution in [0.1, 0.15) is 16.9 Å². The van der Waals surface area contributed by atoms with Gasteiger partial charge in [-0.15, -0.1) is 0 Å². The Morgan fingerprint density at radius 1 is 1.21 bits per heavy atom. The van der Waals surface area contributed by atoms with E-state index < -0.39 is 17.5 Å². The minimum Gasteiger partial charge on any atom is -0.496 e. The number of methoxy groups -OCH3 is 1. The molecule has 2 fully saturated rings. The summed E-state index contributed by atoms with van der Waals surface area (Å²) < 4.78 is 34.5. The maximum Gasteiger partial charge on any atom is 0.325 e. The SMILES string of the molecule is COc1cccc(F)c1-c1cccc(C(=O)Nc2cc(F)ccc2N2CC3CC2CN3)[n+]1O. The topological polar surface area (TPSA) is 77.7 Å². The van der Waals surface area contributed by atoms with Crippen LogP contribution in [0.4, 0.5) is 20.2 Å². The molecule has 2 aliphatic rings. The fourth-order valence-electron chi connectivity index (χ4n) is 4.69. The van der Waals surface area contributed by atoms with Crippen LogP contribution in [-0.2, 0) is 0 Å². The average Bonchev–Trinajstić information content (AvgIpc) is 3.43. The molecule has 2 aromatic carbocycles. The predicted molar refractivity (Wildman–Crippen MR) is 118 cm³/mol. The van der Waals surface area contributed by atoms with Gasteiger partial charge in [0.05, 0.1) is 18.5 Å². The first kappa shape index (κ1) is 21.1. The molecule has 0 spiro atoms. The van der Waals surface area contributed by atoms with E-state index in [0.29, 0.717) is 16.5 Å². The van der Waals surface area contributed by atoms with Gasteiger partial charge in [0.25, 0.3) is 5.69 Å². The van der Waals surface area contributed by atoms with Crippen molar-refractivity contribution < 1.29 is 28.2 Å². The zero-order valence-corrected chi connectivity index (χ0v) is 17.9. The van der Waals surface area contributed by atoms with Gasteiger partial charge in [-0.2, -0.15) is 0 Å². The quantitative estimate of drug-likeness (QED) is 0.409. The first-order valence-electron chi connectivity index (χ1n) is 10.6. The van der Waals surface area contributed by atoms with E-state index in [-0.39, 0.29) is 28.7 Å². The molecular formula is C24H23F2N4O3+. The standard InChI is InChI=1S/C24H22F2N4O3/c1-33-22-7-2-4-17(26)23(22)20-5-3-6-21(30(20)32)24(31)28-18-10-14(25)8-9-19(18)29-13-15-11-16(29)12-27-15/h2-10,15-16,27H,11-13H2,1H3,(H-,28,31,32)/p+1. The molecule has 1 aromatic heterocycles. The molecule has 3 heterocycles. The van der Waals surface area contributed by atoms with Crippen LogP contribution in [-0.4, -0.2) is 43.4 Å². The van der Waals surface area contributed by atoms with Gasteiger partial charge in [0.15, 0.2) is 0 Å². The molecule has 7 nitrogen and oxygen atoms in total. The molecule has 5 rings (SSSR count). The van der Waals surface area contributed by atoms with Gasteiger partial charge in [-0.3, -0.25) is 10.0 Å². The maximum absolute atomic E-state index is 14.6. The molecule has 1 amide bonds. The second kappa shape index (κ2) is 8.32. The zero-order valence-electron chi connectivity index (χ0n) is 17.9. The van der Waals surface area contributed by atoms with E-state index in [1.807, 2.05) is 0 Å². The zero-order chi connectivity index (χ0) is 23.1. The number of benzene rings is 2. The molecule has 0 aliphatic carbocycles. The molecule has 2 atom stereocenters. The Labute approximate surface area is 189 Å². The van der Waals surface area contributed by atoms with E-state index in [9.17, 15) is 18.8 Å². The first-order chi connectivity index (χ1) is 16.0. The Kier molecular flexibility index (Phi) is 5.33. The van der Waals surface area contributed by atoms with Crippen molar-refractivity contribution in [3.8, 4) is 17.0 Å². The highest BCUT2D eigenvalue weighted by Crippen LogP contribution is 2.35. The summed E-state index contributed by atoms with van der Waals surface area (Å²) in [5, 5.41) is 16.9. The second-order valence-electron chi connectivity index (χ2n) is 8.19. The lowest BCUT2D eigenvalue weighted by Gasteiger charge is -2.31. The minimum atomic E-state index is -0.663. The van der Waals surface area contributed by atoms with E-state index in [2.05, 4.69) is 15.5 Å². The molecular weight excluding hydrogens is 430 g/mol. The van der Waals surface area contributed by atoms with Crippen LogP contribution in [0.25, 0.3) is 11.3 Å². The van der Waals surface area contributed by atoms with Gasteiger partial charge in [0.2, 0.25) is 0 Å². The minimum absolute atomic E-state index is 0.0178. The van der Waals surface area contributed by atoms with Gasteiger partial charge in [-0.1, -0.05) is 6.07 Å². The molecule has 2 saturated heterocycles. The largest absolute Gasteiger partial charge is 0.496 e. The Balaban J connectivity index is 1.49. The highest BCUT2D eigenvalue weighted by atomic mass is 19.1. The lowest BCUT2D eigenvalue weighted by Crippen LogP contribution is -2.44. The van der Waals surface area contributed by atoms with Crippen molar-refractivity contribution in [3.63, 3.8) is 0 Å². The number of nitrogens with zero attached hydrogens (tertiary/aromatic N) is 2. The van der Waals surface area contributed by atoms with Gasteiger partial charge < -0.3 is 20.3 Å². The van der Waals surface area contributed by atoms with Crippen molar-refractivity contribution in [2.24, 2.45) is 0 Å². The normalized spacial score (nSPS) is 19.1. The van der Waals surface area contributed by atoms with E-state index in [4.69, 9.17) is 4.74 Å². The van der Waals surface area contributed by atoms with Crippen molar-refractivity contribution in [3.05, 3.63) is 71.9 Å². The number of aromatic nitrogens is 1. The highest BCUT2D eigenvalue weighted by Gasteiger charge is 2.39. The summed E-state index contributed by atoms with van der Waals surface area (Å²) >= 11 is 0. The molecule has 0 saturated carbocycles. The molecule has 2 unspecified atom stereocenters. The number of hydrogen-bond acceptors (Lipinski definition) is 5. The van der Waals surface area contributed by atoms with E-state index >= 15 is 0 Å². The lowest BCUT2D eigenvalue weighted by atomic mass is 10.1. The van der Waals surface area contributed by atoms with Crippen LogP contribution in [0.15, 0.2) is 54.6 Å². The van der Waals surface area contributed by atoms with Crippen LogP contribution in [0.2, 0.25) is 0 Å². The van der Waals surface area contributed by atoms with Gasteiger partial charge in [-0.05, 0) is 42.8 Å². The predicted octanol–water partition coefficient (Wildman–Crippen LogP) is 2.97. The average molecular weight is 453 g/mol. The monoisotopic (exact) mass is 453 g/mol. The third-order valence-corrected chi connectivity index (χ3v) is 6.22. The summed E-state index contributed by atoms with van der Waals surface area (Å²) in [6.45, 7) is 1.60. The molecule has 9 heteroatoms. The molecule has 0 radical (unpaired) electrons. The number of anilines is 2. The Hall–Kier alpha value is -3.72. The molecule has 2 aliphatic heterocycles. The number of carbonyl (C=O) groups is 1. The Bertz CT molecular complexity index is 1240. The van der Waals surface area contributed by atoms with Crippen molar-refractivity contribution in [2.75, 3.05) is 30.4 Å². The van der Waals surface area contributed by atoms with E-state index in [0.717, 1.165) is 25.2 Å². The number of rotatable bonds is 5. The number of ether oxygens (including phenoxy) is 1.